The number of hydrogen-bond donors (Lipinski definition) is 0. The lowest BCUT2D eigenvalue weighted by Gasteiger charge is -2.33. The maximum Gasteiger partial charge on any atom is 0.0497 e. The smallest absolute Gasteiger partial charge is 0.0497 e. The second-order valence-electron chi connectivity index (χ2n) is 14.4. The molecule has 0 atom stereocenters. The Labute approximate surface area is 290 Å². The highest BCUT2D eigenvalue weighted by atomic mass is 15.2. The van der Waals surface area contributed by atoms with Crippen LogP contribution in [0.1, 0.15) is 71.0 Å². The van der Waals surface area contributed by atoms with Crippen molar-refractivity contribution < 1.29 is 0 Å². The van der Waals surface area contributed by atoms with Gasteiger partial charge in [0, 0.05) is 46.8 Å². The Morgan fingerprint density at radius 2 is 1.06 bits per heavy atom. The molecule has 2 aliphatic carbocycles. The van der Waals surface area contributed by atoms with Crippen LogP contribution in [0.4, 0.5) is 28.4 Å². The minimum atomic E-state index is 0.127. The molecule has 10 rings (SSSR count). The molecule has 0 unspecified atom stereocenters. The fraction of sp³-hybridized carbons (Fsp3) is 0.191. The summed E-state index contributed by atoms with van der Waals surface area (Å²) in [7, 11) is 0. The minimum Gasteiger partial charge on any atom is -0.341 e. The molecular formula is C47H40N2. The van der Waals surface area contributed by atoms with Gasteiger partial charge < -0.3 is 9.80 Å². The molecule has 2 aliphatic heterocycles. The predicted molar refractivity (Wildman–Crippen MR) is 206 cm³/mol. The second-order valence-corrected chi connectivity index (χ2v) is 14.4. The van der Waals surface area contributed by atoms with Gasteiger partial charge in [0.25, 0.3) is 0 Å². The number of rotatable bonds is 4. The van der Waals surface area contributed by atoms with Crippen LogP contribution in [0.15, 0.2) is 133 Å². The van der Waals surface area contributed by atoms with Crippen LogP contribution in [0.3, 0.4) is 0 Å². The summed E-state index contributed by atoms with van der Waals surface area (Å²) in [6.07, 6.45) is 13.0. The number of aryl methyl sites for hydroxylation is 1. The molecular weight excluding hydrogens is 593 g/mol. The Morgan fingerprint density at radius 1 is 0.490 bits per heavy atom. The van der Waals surface area contributed by atoms with Crippen LogP contribution in [0.25, 0.3) is 23.3 Å². The topological polar surface area (TPSA) is 6.48 Å². The van der Waals surface area contributed by atoms with Crippen molar-refractivity contribution in [2.45, 2.75) is 50.4 Å². The molecule has 0 radical (unpaired) electrons. The van der Waals surface area contributed by atoms with Crippen LogP contribution in [0, 0.1) is 0 Å². The third-order valence-electron chi connectivity index (χ3n) is 11.7. The molecule has 1 spiro atoms. The largest absolute Gasteiger partial charge is 0.341 e. The van der Waals surface area contributed by atoms with E-state index >= 15 is 0 Å². The predicted octanol–water partition coefficient (Wildman–Crippen LogP) is 12.2. The Balaban J connectivity index is 0.955. The monoisotopic (exact) mass is 632 g/mol. The van der Waals surface area contributed by atoms with Gasteiger partial charge in [0.15, 0.2) is 0 Å². The van der Waals surface area contributed by atoms with Crippen LogP contribution < -0.4 is 9.80 Å². The van der Waals surface area contributed by atoms with Crippen molar-refractivity contribution in [1.29, 1.82) is 0 Å². The van der Waals surface area contributed by atoms with E-state index in [2.05, 4.69) is 155 Å². The highest BCUT2D eigenvalue weighted by molar-refractivity contribution is 5.87. The number of benzene rings is 6. The fourth-order valence-corrected chi connectivity index (χ4v) is 9.39. The molecule has 6 aromatic rings. The molecule has 0 amide bonds. The van der Waals surface area contributed by atoms with Gasteiger partial charge in [-0.15, -0.1) is 0 Å². The molecule has 1 fully saturated rings. The lowest BCUT2D eigenvalue weighted by molar-refractivity contribution is 0.549. The first-order valence-electron chi connectivity index (χ1n) is 18.1. The number of anilines is 5. The van der Waals surface area contributed by atoms with E-state index in [4.69, 9.17) is 0 Å². The molecule has 238 valence electrons. The van der Waals surface area contributed by atoms with Crippen molar-refractivity contribution in [3.63, 3.8) is 0 Å². The minimum absolute atomic E-state index is 0.127. The molecule has 0 N–H and O–H groups in total. The van der Waals surface area contributed by atoms with Gasteiger partial charge in [0.2, 0.25) is 0 Å². The third-order valence-corrected chi connectivity index (χ3v) is 11.7. The number of para-hydroxylation sites is 3. The summed E-state index contributed by atoms with van der Waals surface area (Å²) in [5.41, 5.74) is 19.3. The van der Waals surface area contributed by atoms with Crippen molar-refractivity contribution in [3.8, 4) is 11.1 Å². The Kier molecular flexibility index (Phi) is 6.65. The molecule has 0 aromatic heterocycles. The van der Waals surface area contributed by atoms with E-state index in [1.165, 1.54) is 111 Å². The van der Waals surface area contributed by atoms with Crippen LogP contribution in [0.2, 0.25) is 0 Å². The summed E-state index contributed by atoms with van der Waals surface area (Å²) in [6, 6.07) is 50.2. The van der Waals surface area contributed by atoms with Gasteiger partial charge in [-0.05, 0) is 118 Å². The highest BCUT2D eigenvalue weighted by Gasteiger charge is 2.45. The second kappa shape index (κ2) is 11.4. The van der Waals surface area contributed by atoms with Crippen molar-refractivity contribution in [3.05, 3.63) is 172 Å². The lowest BCUT2D eigenvalue weighted by atomic mass is 9.76. The molecule has 6 aromatic carbocycles. The Bertz CT molecular complexity index is 2210. The van der Waals surface area contributed by atoms with Gasteiger partial charge in [-0.3, -0.25) is 0 Å². The van der Waals surface area contributed by atoms with Gasteiger partial charge in [0.1, 0.15) is 0 Å². The number of fused-ring (bicyclic) bond motifs is 8. The van der Waals surface area contributed by atoms with Crippen molar-refractivity contribution in [2.24, 2.45) is 0 Å². The molecule has 0 bridgehead atoms. The van der Waals surface area contributed by atoms with Crippen molar-refractivity contribution in [2.75, 3.05) is 16.3 Å². The molecule has 4 aliphatic rings. The van der Waals surface area contributed by atoms with E-state index in [0.717, 1.165) is 13.0 Å². The third kappa shape index (κ3) is 4.61. The van der Waals surface area contributed by atoms with Crippen LogP contribution in [0.5, 0.6) is 0 Å². The maximum atomic E-state index is 2.56. The zero-order valence-electron chi connectivity index (χ0n) is 27.9. The van der Waals surface area contributed by atoms with Gasteiger partial charge in [-0.2, -0.15) is 0 Å². The number of nitrogens with zero attached hydrogens (tertiary/aromatic N) is 2. The molecule has 1 saturated carbocycles. The highest BCUT2D eigenvalue weighted by Crippen LogP contribution is 2.58. The summed E-state index contributed by atoms with van der Waals surface area (Å²) in [5.74, 6) is 0. The molecule has 2 heteroatoms. The first kappa shape index (κ1) is 28.7. The summed E-state index contributed by atoms with van der Waals surface area (Å²) in [5, 5.41) is 0. The Hall–Kier alpha value is -5.34. The summed E-state index contributed by atoms with van der Waals surface area (Å²) >= 11 is 0. The zero-order valence-corrected chi connectivity index (χ0v) is 27.9. The molecule has 2 heterocycles. The van der Waals surface area contributed by atoms with Gasteiger partial charge >= 0.3 is 0 Å². The van der Waals surface area contributed by atoms with Gasteiger partial charge in [-0.25, -0.2) is 0 Å². The van der Waals surface area contributed by atoms with E-state index < -0.39 is 0 Å². The first-order valence-corrected chi connectivity index (χ1v) is 18.1. The first-order chi connectivity index (χ1) is 24.2. The quantitative estimate of drug-likeness (QED) is 0.178. The molecule has 49 heavy (non-hydrogen) atoms. The lowest BCUT2D eigenvalue weighted by Crippen LogP contribution is -2.25. The van der Waals surface area contributed by atoms with Crippen LogP contribution in [-0.4, -0.2) is 6.54 Å². The van der Waals surface area contributed by atoms with E-state index in [0.29, 0.717) is 0 Å². The summed E-state index contributed by atoms with van der Waals surface area (Å²) in [4.78, 5) is 4.98. The van der Waals surface area contributed by atoms with Crippen molar-refractivity contribution in [1.82, 2.24) is 0 Å². The van der Waals surface area contributed by atoms with E-state index in [1.54, 1.807) is 5.56 Å². The zero-order chi connectivity index (χ0) is 32.4. The fourth-order valence-electron chi connectivity index (χ4n) is 9.39. The standard InChI is InChI=1S/C47H40N2/c1-4-14-44-35(10-1)13-9-29-48(44)39-24-26-41-40-25-21-34(30-42(40)47(43(41)32-39)27-7-8-28-47)18-17-33-19-22-38(23-20-33)49-45-15-5-2-11-36(45)31-37-12-3-6-16-46(37)49/h1-6,10-12,14-26,30,32H,7-9,13,27-29,31H2. The maximum absolute atomic E-state index is 2.56. The van der Waals surface area contributed by atoms with Crippen LogP contribution >= 0.6 is 0 Å². The summed E-state index contributed by atoms with van der Waals surface area (Å²) in [6.45, 7) is 1.09. The van der Waals surface area contributed by atoms with Crippen LogP contribution in [-0.2, 0) is 18.3 Å². The van der Waals surface area contributed by atoms with E-state index in [1.807, 2.05) is 0 Å². The SMILES string of the molecule is C(=Cc1ccc2c(c1)C1(CCCC1)c1cc(N3CCCc4ccccc43)ccc1-2)c1ccc(N2c3ccccc3Cc3ccccc32)cc1. The summed E-state index contributed by atoms with van der Waals surface area (Å²) < 4.78 is 0. The van der Waals surface area contributed by atoms with Gasteiger partial charge in [-0.1, -0.05) is 116 Å². The average Bonchev–Trinajstić information content (AvgIpc) is 3.76. The Morgan fingerprint density at radius 3 is 1.80 bits per heavy atom. The number of hydrogen-bond acceptors (Lipinski definition) is 2. The normalized spacial score (nSPS) is 16.7. The van der Waals surface area contributed by atoms with Gasteiger partial charge in [0.05, 0.1) is 0 Å². The average molecular weight is 633 g/mol. The van der Waals surface area contributed by atoms with Crippen molar-refractivity contribution >= 4 is 40.6 Å². The molecule has 2 nitrogen and oxygen atoms in total. The van der Waals surface area contributed by atoms with E-state index in [-0.39, 0.29) is 5.41 Å². The molecule has 0 saturated heterocycles. The van der Waals surface area contributed by atoms with E-state index in [9.17, 15) is 0 Å².